The van der Waals surface area contributed by atoms with E-state index in [1.807, 2.05) is 0 Å². The molecule has 2 rings (SSSR count). The minimum absolute atomic E-state index is 0.0118. The molecule has 0 saturated carbocycles. The van der Waals surface area contributed by atoms with E-state index in [0.29, 0.717) is 12.3 Å². The highest BCUT2D eigenvalue weighted by Gasteiger charge is 2.28. The first kappa shape index (κ1) is 12.9. The first-order chi connectivity index (χ1) is 8.66. The molecule has 1 aromatic heterocycles. The van der Waals surface area contributed by atoms with Gasteiger partial charge in [-0.05, 0) is 6.07 Å². The van der Waals surface area contributed by atoms with E-state index in [1.54, 1.807) is 39.8 Å². The highest BCUT2D eigenvalue weighted by atomic mass is 32.2. The Morgan fingerprint density at radius 1 is 1.50 bits per heavy atom. The van der Waals surface area contributed by atoms with Gasteiger partial charge in [0.1, 0.15) is 6.54 Å². The predicted molar refractivity (Wildman–Crippen MR) is 67.3 cm³/mol. The van der Waals surface area contributed by atoms with Crippen molar-refractivity contribution in [2.75, 3.05) is 18.1 Å². The first-order valence-electron chi connectivity index (χ1n) is 5.73. The highest BCUT2D eigenvalue weighted by Crippen LogP contribution is 2.19. The summed E-state index contributed by atoms with van der Waals surface area (Å²) in [7, 11) is 0. The van der Waals surface area contributed by atoms with Crippen LogP contribution in [0.2, 0.25) is 0 Å². The summed E-state index contributed by atoms with van der Waals surface area (Å²) in [5.74, 6) is 0.627. The molecule has 0 aromatic carbocycles. The molecule has 1 saturated heterocycles. The standard InChI is InChI=1S/C11H15N3O3S/c15-10(7-13-3-1-2-12-13)14-4-5-18-8-9(14)6-11(16)17/h1-3,9H,4-8H2,(H,16,17). The Bertz CT molecular complexity index is 421. The highest BCUT2D eigenvalue weighted by molar-refractivity contribution is 7.99. The van der Waals surface area contributed by atoms with Crippen molar-refractivity contribution < 1.29 is 14.7 Å². The second-order valence-electron chi connectivity index (χ2n) is 4.12. The van der Waals surface area contributed by atoms with E-state index in [4.69, 9.17) is 5.11 Å². The molecule has 1 amide bonds. The zero-order valence-electron chi connectivity index (χ0n) is 9.86. The first-order valence-corrected chi connectivity index (χ1v) is 6.88. The molecule has 1 aliphatic heterocycles. The summed E-state index contributed by atoms with van der Waals surface area (Å²) in [6.07, 6.45) is 3.36. The number of carbonyl (C=O) groups is 2. The Hall–Kier alpha value is -1.50. The second-order valence-corrected chi connectivity index (χ2v) is 5.27. The summed E-state index contributed by atoms with van der Waals surface area (Å²) in [4.78, 5) is 24.6. The van der Waals surface area contributed by atoms with Crippen LogP contribution in [0.15, 0.2) is 18.5 Å². The molecule has 1 atom stereocenters. The van der Waals surface area contributed by atoms with Gasteiger partial charge in [0.2, 0.25) is 5.91 Å². The number of carboxylic acids is 1. The molecule has 1 N–H and O–H groups in total. The summed E-state index contributed by atoms with van der Waals surface area (Å²) >= 11 is 1.69. The Labute approximate surface area is 109 Å². The summed E-state index contributed by atoms with van der Waals surface area (Å²) < 4.78 is 1.56. The third-order valence-electron chi connectivity index (χ3n) is 2.81. The van der Waals surface area contributed by atoms with Crippen LogP contribution in [0.5, 0.6) is 0 Å². The molecule has 1 unspecified atom stereocenters. The summed E-state index contributed by atoms with van der Waals surface area (Å²) in [5.41, 5.74) is 0. The van der Waals surface area contributed by atoms with Crippen molar-refractivity contribution in [2.24, 2.45) is 0 Å². The molecule has 1 aliphatic rings. The molecule has 0 spiro atoms. The van der Waals surface area contributed by atoms with Gasteiger partial charge in [0.05, 0.1) is 12.5 Å². The van der Waals surface area contributed by atoms with Crippen LogP contribution in [0.25, 0.3) is 0 Å². The quantitative estimate of drug-likeness (QED) is 0.851. The number of carbonyl (C=O) groups excluding carboxylic acids is 1. The van der Waals surface area contributed by atoms with Crippen LogP contribution in [0.1, 0.15) is 6.42 Å². The van der Waals surface area contributed by atoms with E-state index in [-0.39, 0.29) is 24.9 Å². The van der Waals surface area contributed by atoms with Gasteiger partial charge in [-0.3, -0.25) is 14.3 Å². The van der Waals surface area contributed by atoms with Gasteiger partial charge in [0, 0.05) is 30.4 Å². The van der Waals surface area contributed by atoms with E-state index in [0.717, 1.165) is 5.75 Å². The largest absolute Gasteiger partial charge is 0.481 e. The van der Waals surface area contributed by atoms with Gasteiger partial charge in [-0.15, -0.1) is 0 Å². The number of hydrogen-bond acceptors (Lipinski definition) is 4. The fourth-order valence-corrected chi connectivity index (χ4v) is 3.04. The average molecular weight is 269 g/mol. The third kappa shape index (κ3) is 3.25. The molecule has 7 heteroatoms. The number of hydrogen-bond donors (Lipinski definition) is 1. The maximum absolute atomic E-state index is 12.1. The summed E-state index contributed by atoms with van der Waals surface area (Å²) in [6, 6.07) is 1.55. The number of thioether (sulfide) groups is 1. The van der Waals surface area contributed by atoms with Gasteiger partial charge in [-0.25, -0.2) is 0 Å². The maximum Gasteiger partial charge on any atom is 0.305 e. The van der Waals surface area contributed by atoms with Gasteiger partial charge >= 0.3 is 5.97 Å². The minimum atomic E-state index is -0.862. The fraction of sp³-hybridized carbons (Fsp3) is 0.545. The van der Waals surface area contributed by atoms with E-state index in [9.17, 15) is 9.59 Å². The number of rotatable bonds is 4. The van der Waals surface area contributed by atoms with Crippen molar-refractivity contribution in [1.29, 1.82) is 0 Å². The molecule has 0 aliphatic carbocycles. The van der Waals surface area contributed by atoms with Crippen molar-refractivity contribution in [3.8, 4) is 0 Å². The average Bonchev–Trinajstić information content (AvgIpc) is 2.81. The summed E-state index contributed by atoms with van der Waals surface area (Å²) in [6.45, 7) is 0.788. The third-order valence-corrected chi connectivity index (χ3v) is 3.91. The molecule has 1 aromatic rings. The van der Waals surface area contributed by atoms with Crippen LogP contribution in [0.3, 0.4) is 0 Å². The molecule has 1 fully saturated rings. The van der Waals surface area contributed by atoms with Gasteiger partial charge < -0.3 is 10.0 Å². The lowest BCUT2D eigenvalue weighted by atomic mass is 10.2. The predicted octanol–water partition coefficient (Wildman–Crippen LogP) is 0.302. The summed E-state index contributed by atoms with van der Waals surface area (Å²) in [5, 5.41) is 12.8. The van der Waals surface area contributed by atoms with Gasteiger partial charge in [-0.1, -0.05) is 0 Å². The normalized spacial score (nSPS) is 19.8. The van der Waals surface area contributed by atoms with E-state index < -0.39 is 5.97 Å². The number of carboxylic acid groups (broad SMARTS) is 1. The van der Waals surface area contributed by atoms with E-state index >= 15 is 0 Å². The molecule has 98 valence electrons. The number of aliphatic carboxylic acids is 1. The molecule has 0 radical (unpaired) electrons. The van der Waals surface area contributed by atoms with Crippen LogP contribution in [0.4, 0.5) is 0 Å². The Morgan fingerprint density at radius 3 is 3.00 bits per heavy atom. The zero-order chi connectivity index (χ0) is 13.0. The SMILES string of the molecule is O=C(O)CC1CSCCN1C(=O)Cn1cccn1. The van der Waals surface area contributed by atoms with Crippen molar-refractivity contribution in [2.45, 2.75) is 19.0 Å². The topological polar surface area (TPSA) is 75.4 Å². The Balaban J connectivity index is 1.99. The van der Waals surface area contributed by atoms with Gasteiger partial charge in [0.15, 0.2) is 0 Å². The van der Waals surface area contributed by atoms with Gasteiger partial charge in [0.25, 0.3) is 0 Å². The Kier molecular flexibility index (Phi) is 4.24. The fourth-order valence-electron chi connectivity index (χ4n) is 1.98. The Morgan fingerprint density at radius 2 is 2.33 bits per heavy atom. The van der Waals surface area contributed by atoms with Crippen LogP contribution in [-0.2, 0) is 16.1 Å². The molecule has 6 nitrogen and oxygen atoms in total. The van der Waals surface area contributed by atoms with E-state index in [2.05, 4.69) is 5.10 Å². The molecule has 18 heavy (non-hydrogen) atoms. The maximum atomic E-state index is 12.1. The molecule has 0 bridgehead atoms. The number of amides is 1. The molecule has 2 heterocycles. The molecular weight excluding hydrogens is 254 g/mol. The van der Waals surface area contributed by atoms with Crippen LogP contribution >= 0.6 is 11.8 Å². The lowest BCUT2D eigenvalue weighted by Crippen LogP contribution is -2.48. The molecular formula is C11H15N3O3S. The zero-order valence-corrected chi connectivity index (χ0v) is 10.7. The van der Waals surface area contributed by atoms with Crippen LogP contribution in [-0.4, -0.2) is 55.8 Å². The van der Waals surface area contributed by atoms with E-state index in [1.165, 1.54) is 0 Å². The monoisotopic (exact) mass is 269 g/mol. The van der Waals surface area contributed by atoms with Gasteiger partial charge in [-0.2, -0.15) is 16.9 Å². The lowest BCUT2D eigenvalue weighted by molar-refractivity contribution is -0.140. The van der Waals surface area contributed by atoms with Crippen molar-refractivity contribution >= 4 is 23.6 Å². The minimum Gasteiger partial charge on any atom is -0.481 e. The van der Waals surface area contributed by atoms with Crippen LogP contribution in [0, 0.1) is 0 Å². The number of nitrogens with zero attached hydrogens (tertiary/aromatic N) is 3. The second kappa shape index (κ2) is 5.90. The van der Waals surface area contributed by atoms with Crippen LogP contribution < -0.4 is 0 Å². The smallest absolute Gasteiger partial charge is 0.305 e. The van der Waals surface area contributed by atoms with Crippen molar-refractivity contribution in [3.05, 3.63) is 18.5 Å². The van der Waals surface area contributed by atoms with Crippen molar-refractivity contribution in [1.82, 2.24) is 14.7 Å². The van der Waals surface area contributed by atoms with Crippen molar-refractivity contribution in [3.63, 3.8) is 0 Å². The number of aromatic nitrogens is 2. The lowest BCUT2D eigenvalue weighted by Gasteiger charge is -2.34.